The molecule has 0 aromatic heterocycles. The lowest BCUT2D eigenvalue weighted by atomic mass is 10.1. The molecule has 114 valence electrons. The van der Waals surface area contributed by atoms with Gasteiger partial charge in [0.25, 0.3) is 0 Å². The van der Waals surface area contributed by atoms with Gasteiger partial charge < -0.3 is 14.8 Å². The van der Waals surface area contributed by atoms with E-state index in [9.17, 15) is 4.39 Å². The first kappa shape index (κ1) is 17.4. The molecule has 1 N–H and O–H groups in total. The van der Waals surface area contributed by atoms with Gasteiger partial charge in [-0.15, -0.1) is 0 Å². The highest BCUT2D eigenvalue weighted by Gasteiger charge is 2.22. The highest BCUT2D eigenvalue weighted by Crippen LogP contribution is 2.18. The maximum absolute atomic E-state index is 13.5. The number of benzene rings is 1. The van der Waals surface area contributed by atoms with Crippen molar-refractivity contribution >= 4 is 11.6 Å². The summed E-state index contributed by atoms with van der Waals surface area (Å²) in [7, 11) is 0. The molecule has 0 bridgehead atoms. The number of likely N-dealkylation sites (N-methyl/N-ethyl adjacent to an activating group) is 1. The summed E-state index contributed by atoms with van der Waals surface area (Å²) in [6.45, 7) is 7.80. The van der Waals surface area contributed by atoms with E-state index in [4.69, 9.17) is 21.1 Å². The third-order valence-corrected chi connectivity index (χ3v) is 3.20. The van der Waals surface area contributed by atoms with Crippen LogP contribution in [0.1, 0.15) is 26.3 Å². The SMILES string of the molecule is CCNC(Cc1ccc(Cl)c(F)c1)C(OCC)OCC. The average molecular weight is 304 g/mol. The monoisotopic (exact) mass is 303 g/mol. The van der Waals surface area contributed by atoms with Gasteiger partial charge in [-0.25, -0.2) is 4.39 Å². The molecule has 0 amide bonds. The number of rotatable bonds is 9. The Bertz CT molecular complexity index is 397. The molecule has 0 fully saturated rings. The van der Waals surface area contributed by atoms with Gasteiger partial charge in [-0.2, -0.15) is 0 Å². The summed E-state index contributed by atoms with van der Waals surface area (Å²) in [5.74, 6) is -0.399. The Morgan fingerprint density at radius 3 is 2.35 bits per heavy atom. The van der Waals surface area contributed by atoms with E-state index < -0.39 is 5.82 Å². The molecule has 0 aliphatic carbocycles. The summed E-state index contributed by atoms with van der Waals surface area (Å²) in [5, 5.41) is 3.47. The maximum Gasteiger partial charge on any atom is 0.172 e. The molecule has 1 atom stereocenters. The Hall–Kier alpha value is -0.680. The maximum atomic E-state index is 13.5. The molecule has 0 saturated carbocycles. The zero-order chi connectivity index (χ0) is 15.0. The van der Waals surface area contributed by atoms with Gasteiger partial charge in [-0.3, -0.25) is 0 Å². The molecular formula is C15H23ClFNO2. The zero-order valence-corrected chi connectivity index (χ0v) is 13.0. The Morgan fingerprint density at radius 1 is 1.20 bits per heavy atom. The molecule has 0 saturated heterocycles. The number of hydrogen-bond donors (Lipinski definition) is 1. The molecule has 0 heterocycles. The van der Waals surface area contributed by atoms with Crippen LogP contribution in [0.15, 0.2) is 18.2 Å². The summed E-state index contributed by atoms with van der Waals surface area (Å²) in [5.41, 5.74) is 0.863. The Balaban J connectivity index is 2.80. The van der Waals surface area contributed by atoms with E-state index in [0.717, 1.165) is 12.1 Å². The number of ether oxygens (including phenoxy) is 2. The van der Waals surface area contributed by atoms with Crippen LogP contribution in [0.3, 0.4) is 0 Å². The van der Waals surface area contributed by atoms with Crippen LogP contribution in [0.5, 0.6) is 0 Å². The normalized spacial score (nSPS) is 12.9. The van der Waals surface area contributed by atoms with Gasteiger partial charge in [-0.1, -0.05) is 24.6 Å². The molecule has 0 aliphatic heterocycles. The van der Waals surface area contributed by atoms with Gasteiger partial charge in [0.05, 0.1) is 11.1 Å². The van der Waals surface area contributed by atoms with Crippen molar-refractivity contribution in [2.75, 3.05) is 19.8 Å². The number of halogens is 2. The summed E-state index contributed by atoms with van der Waals surface area (Å²) in [6, 6.07) is 4.83. The Kier molecular flexibility index (Phi) is 8.07. The minimum Gasteiger partial charge on any atom is -0.351 e. The average Bonchev–Trinajstić information content (AvgIpc) is 2.42. The predicted molar refractivity (Wildman–Crippen MR) is 79.6 cm³/mol. The highest BCUT2D eigenvalue weighted by atomic mass is 35.5. The Morgan fingerprint density at radius 2 is 1.85 bits per heavy atom. The van der Waals surface area contributed by atoms with Crippen molar-refractivity contribution in [2.45, 2.75) is 39.5 Å². The van der Waals surface area contributed by atoms with Crippen molar-refractivity contribution in [3.8, 4) is 0 Å². The van der Waals surface area contributed by atoms with Crippen LogP contribution in [-0.2, 0) is 15.9 Å². The van der Waals surface area contributed by atoms with Crippen molar-refractivity contribution in [2.24, 2.45) is 0 Å². The number of nitrogens with one attached hydrogen (secondary N) is 1. The van der Waals surface area contributed by atoms with Gasteiger partial charge >= 0.3 is 0 Å². The van der Waals surface area contributed by atoms with E-state index in [2.05, 4.69) is 5.32 Å². The van der Waals surface area contributed by atoms with Gasteiger partial charge in [0, 0.05) is 13.2 Å². The van der Waals surface area contributed by atoms with E-state index >= 15 is 0 Å². The first-order valence-electron chi connectivity index (χ1n) is 7.02. The standard InChI is InChI=1S/C15H23ClFNO2/c1-4-18-14(15(19-5-2)20-6-3)10-11-7-8-12(16)13(17)9-11/h7-9,14-15,18H,4-6,10H2,1-3H3. The lowest BCUT2D eigenvalue weighted by Crippen LogP contribution is -2.44. The molecule has 0 spiro atoms. The molecule has 1 unspecified atom stereocenters. The summed E-state index contributed by atoms with van der Waals surface area (Å²) in [4.78, 5) is 0. The zero-order valence-electron chi connectivity index (χ0n) is 12.3. The molecule has 20 heavy (non-hydrogen) atoms. The third kappa shape index (κ3) is 5.37. The van der Waals surface area contributed by atoms with Crippen LogP contribution in [-0.4, -0.2) is 32.1 Å². The largest absolute Gasteiger partial charge is 0.351 e. The van der Waals surface area contributed by atoms with Crippen molar-refractivity contribution in [1.29, 1.82) is 0 Å². The van der Waals surface area contributed by atoms with Gasteiger partial charge in [0.2, 0.25) is 0 Å². The van der Waals surface area contributed by atoms with Crippen LogP contribution < -0.4 is 5.32 Å². The summed E-state index contributed by atoms with van der Waals surface area (Å²) in [6.07, 6.45) is 0.274. The molecule has 1 aromatic carbocycles. The van der Waals surface area contributed by atoms with Gasteiger partial charge in [-0.05, 0) is 44.5 Å². The highest BCUT2D eigenvalue weighted by molar-refractivity contribution is 6.30. The molecule has 5 heteroatoms. The Labute approximate surface area is 125 Å². The first-order chi connectivity index (χ1) is 9.62. The lowest BCUT2D eigenvalue weighted by molar-refractivity contribution is -0.153. The quantitative estimate of drug-likeness (QED) is 0.709. The van der Waals surface area contributed by atoms with E-state index in [1.54, 1.807) is 6.07 Å². The molecule has 0 aliphatic rings. The number of hydrogen-bond acceptors (Lipinski definition) is 3. The molecule has 1 aromatic rings. The first-order valence-corrected chi connectivity index (χ1v) is 7.40. The fourth-order valence-corrected chi connectivity index (χ4v) is 2.17. The minimum atomic E-state index is -0.399. The van der Waals surface area contributed by atoms with E-state index in [1.165, 1.54) is 6.07 Å². The molecule has 1 rings (SSSR count). The van der Waals surface area contributed by atoms with Crippen LogP contribution in [0.25, 0.3) is 0 Å². The van der Waals surface area contributed by atoms with E-state index in [1.807, 2.05) is 26.8 Å². The second-order valence-electron chi connectivity index (χ2n) is 4.40. The van der Waals surface area contributed by atoms with Crippen molar-refractivity contribution in [3.05, 3.63) is 34.6 Å². The summed E-state index contributed by atoms with van der Waals surface area (Å²) < 4.78 is 24.7. The van der Waals surface area contributed by atoms with E-state index in [0.29, 0.717) is 19.6 Å². The topological polar surface area (TPSA) is 30.5 Å². The third-order valence-electron chi connectivity index (χ3n) is 2.90. The lowest BCUT2D eigenvalue weighted by Gasteiger charge is -2.27. The summed E-state index contributed by atoms with van der Waals surface area (Å²) >= 11 is 5.70. The molecule has 0 radical (unpaired) electrons. The minimum absolute atomic E-state index is 0.0273. The molecular weight excluding hydrogens is 281 g/mol. The van der Waals surface area contributed by atoms with Crippen LogP contribution in [0.2, 0.25) is 5.02 Å². The van der Waals surface area contributed by atoms with Crippen LogP contribution in [0.4, 0.5) is 4.39 Å². The smallest absolute Gasteiger partial charge is 0.172 e. The van der Waals surface area contributed by atoms with Crippen molar-refractivity contribution < 1.29 is 13.9 Å². The van der Waals surface area contributed by atoms with Crippen LogP contribution in [0, 0.1) is 5.82 Å². The fraction of sp³-hybridized carbons (Fsp3) is 0.600. The van der Waals surface area contributed by atoms with E-state index in [-0.39, 0.29) is 17.4 Å². The van der Waals surface area contributed by atoms with Crippen molar-refractivity contribution in [3.63, 3.8) is 0 Å². The second-order valence-corrected chi connectivity index (χ2v) is 4.80. The predicted octanol–water partition coefficient (Wildman–Crippen LogP) is 3.40. The van der Waals surface area contributed by atoms with Crippen molar-refractivity contribution in [1.82, 2.24) is 5.32 Å². The fourth-order valence-electron chi connectivity index (χ4n) is 2.06. The molecule has 3 nitrogen and oxygen atoms in total. The van der Waals surface area contributed by atoms with Gasteiger partial charge in [0.1, 0.15) is 5.82 Å². The van der Waals surface area contributed by atoms with Crippen LogP contribution >= 0.6 is 11.6 Å². The van der Waals surface area contributed by atoms with Gasteiger partial charge in [0.15, 0.2) is 6.29 Å². The second kappa shape index (κ2) is 9.29.